The third-order valence-corrected chi connectivity index (χ3v) is 4.50. The molecular weight excluding hydrogens is 292 g/mol. The zero-order valence-electron chi connectivity index (χ0n) is 11.5. The maximum atomic E-state index is 12.0. The van der Waals surface area contributed by atoms with Crippen molar-refractivity contribution in [3.63, 3.8) is 0 Å². The van der Waals surface area contributed by atoms with Crippen LogP contribution < -0.4 is 10.6 Å². The van der Waals surface area contributed by atoms with E-state index in [-0.39, 0.29) is 5.78 Å². The first-order valence-electron chi connectivity index (χ1n) is 6.44. The number of carboxylic acid groups (broad SMARTS) is 1. The summed E-state index contributed by atoms with van der Waals surface area (Å²) in [5.74, 6) is -0.0799. The molecule has 0 saturated carbocycles. The second kappa shape index (κ2) is 6.17. The van der Waals surface area contributed by atoms with Crippen LogP contribution in [-0.4, -0.2) is 39.9 Å². The van der Waals surface area contributed by atoms with Crippen LogP contribution in [0.25, 0.3) is 0 Å². The third-order valence-electron chi connectivity index (χ3n) is 3.31. The van der Waals surface area contributed by atoms with Gasteiger partial charge in [0.05, 0.1) is 0 Å². The number of anilines is 1. The van der Waals surface area contributed by atoms with Gasteiger partial charge in [-0.3, -0.25) is 4.79 Å². The molecule has 1 heterocycles. The van der Waals surface area contributed by atoms with Crippen LogP contribution in [0.3, 0.4) is 0 Å². The van der Waals surface area contributed by atoms with E-state index in [0.29, 0.717) is 29.2 Å². The minimum atomic E-state index is -1.22. The molecule has 1 unspecified atom stereocenters. The number of benzene rings is 1. The van der Waals surface area contributed by atoms with Gasteiger partial charge in [-0.05, 0) is 31.2 Å². The van der Waals surface area contributed by atoms with Gasteiger partial charge >= 0.3 is 12.0 Å². The lowest BCUT2D eigenvalue weighted by atomic mass is 10.00. The fourth-order valence-electron chi connectivity index (χ4n) is 2.08. The first kappa shape index (κ1) is 15.4. The fraction of sp³-hybridized carbons (Fsp3) is 0.357. The van der Waals surface area contributed by atoms with Crippen molar-refractivity contribution >= 4 is 35.2 Å². The molecule has 1 aliphatic rings. The summed E-state index contributed by atoms with van der Waals surface area (Å²) in [5, 5.41) is 14.4. The first-order chi connectivity index (χ1) is 9.93. The summed E-state index contributed by atoms with van der Waals surface area (Å²) in [4.78, 5) is 34.6. The number of Topliss-reactive ketones (excluding diaryl/α,β-unsaturated/α-hetero) is 1. The minimum absolute atomic E-state index is 0.103. The molecule has 0 aliphatic carbocycles. The number of carboxylic acids is 1. The number of ketones is 1. The van der Waals surface area contributed by atoms with E-state index in [0.717, 1.165) is 0 Å². The summed E-state index contributed by atoms with van der Waals surface area (Å²) < 4.78 is 0. The molecule has 1 aromatic carbocycles. The van der Waals surface area contributed by atoms with Gasteiger partial charge in [0, 0.05) is 17.0 Å². The van der Waals surface area contributed by atoms with Crippen molar-refractivity contribution in [3.8, 4) is 0 Å². The standard InChI is InChI=1S/C14H16N2O4S/c1-9(17)10-3-2-4-11(7-10)15-13(20)16-14(12(18)19)5-6-21-8-14/h2-4,7H,5-6,8H2,1H3,(H,18,19)(H2,15,16,20). The Kier molecular flexibility index (Phi) is 4.52. The molecule has 3 N–H and O–H groups in total. The number of nitrogens with one attached hydrogen (secondary N) is 2. The van der Waals surface area contributed by atoms with Crippen molar-refractivity contribution in [1.29, 1.82) is 0 Å². The van der Waals surface area contributed by atoms with E-state index >= 15 is 0 Å². The Morgan fingerprint density at radius 2 is 2.10 bits per heavy atom. The molecule has 1 aliphatic heterocycles. The number of hydrogen-bond acceptors (Lipinski definition) is 4. The van der Waals surface area contributed by atoms with Gasteiger partial charge < -0.3 is 15.7 Å². The molecule has 0 bridgehead atoms. The summed E-state index contributed by atoms with van der Waals surface area (Å²) in [7, 11) is 0. The molecule has 7 heteroatoms. The van der Waals surface area contributed by atoms with Crippen LogP contribution in [0.1, 0.15) is 23.7 Å². The van der Waals surface area contributed by atoms with E-state index in [9.17, 15) is 19.5 Å². The number of carbonyl (C=O) groups is 3. The Morgan fingerprint density at radius 1 is 1.33 bits per heavy atom. The van der Waals surface area contributed by atoms with Crippen molar-refractivity contribution < 1.29 is 19.5 Å². The van der Waals surface area contributed by atoms with Crippen molar-refractivity contribution in [2.75, 3.05) is 16.8 Å². The topological polar surface area (TPSA) is 95.5 Å². The molecule has 2 amide bonds. The molecule has 112 valence electrons. The minimum Gasteiger partial charge on any atom is -0.479 e. The lowest BCUT2D eigenvalue weighted by Gasteiger charge is -2.24. The molecule has 21 heavy (non-hydrogen) atoms. The molecule has 2 rings (SSSR count). The van der Waals surface area contributed by atoms with Crippen molar-refractivity contribution in [2.24, 2.45) is 0 Å². The lowest BCUT2D eigenvalue weighted by Crippen LogP contribution is -2.55. The number of thioether (sulfide) groups is 1. The zero-order valence-corrected chi connectivity index (χ0v) is 12.3. The summed E-state index contributed by atoms with van der Waals surface area (Å²) in [6.45, 7) is 1.44. The Labute approximate surface area is 126 Å². The van der Waals surface area contributed by atoms with Crippen LogP contribution >= 0.6 is 11.8 Å². The van der Waals surface area contributed by atoms with E-state index in [4.69, 9.17) is 0 Å². The smallest absolute Gasteiger partial charge is 0.330 e. The molecular formula is C14H16N2O4S. The molecule has 1 saturated heterocycles. The van der Waals surface area contributed by atoms with E-state index < -0.39 is 17.5 Å². The van der Waals surface area contributed by atoms with Crippen LogP contribution in [0.4, 0.5) is 10.5 Å². The molecule has 6 nitrogen and oxygen atoms in total. The van der Waals surface area contributed by atoms with Crippen molar-refractivity contribution in [2.45, 2.75) is 18.9 Å². The highest BCUT2D eigenvalue weighted by Gasteiger charge is 2.43. The summed E-state index contributed by atoms with van der Waals surface area (Å²) >= 11 is 1.50. The number of carbonyl (C=O) groups excluding carboxylic acids is 2. The second-order valence-corrected chi connectivity index (χ2v) is 6.01. The summed E-state index contributed by atoms with van der Waals surface area (Å²) in [6.07, 6.45) is 0.397. The van der Waals surface area contributed by atoms with Crippen molar-refractivity contribution in [1.82, 2.24) is 5.32 Å². The largest absolute Gasteiger partial charge is 0.479 e. The number of rotatable bonds is 4. The predicted octanol–water partition coefficient (Wildman–Crippen LogP) is 1.97. The van der Waals surface area contributed by atoms with E-state index in [1.54, 1.807) is 24.3 Å². The Morgan fingerprint density at radius 3 is 2.67 bits per heavy atom. The maximum absolute atomic E-state index is 12.0. The normalized spacial score (nSPS) is 20.8. The Hall–Kier alpha value is -2.02. The molecule has 1 fully saturated rings. The summed E-state index contributed by atoms with van der Waals surface area (Å²) in [6, 6.07) is 5.92. The lowest BCUT2D eigenvalue weighted by molar-refractivity contribution is -0.143. The van der Waals surface area contributed by atoms with Crippen LogP contribution in [0.2, 0.25) is 0 Å². The van der Waals surface area contributed by atoms with E-state index in [1.807, 2.05) is 0 Å². The SMILES string of the molecule is CC(=O)c1cccc(NC(=O)NC2(C(=O)O)CCSC2)c1. The number of aliphatic carboxylic acids is 1. The molecule has 1 aromatic rings. The van der Waals surface area contributed by atoms with Gasteiger partial charge in [0.25, 0.3) is 0 Å². The van der Waals surface area contributed by atoms with Gasteiger partial charge in [-0.15, -0.1) is 0 Å². The molecule has 0 spiro atoms. The fourth-order valence-corrected chi connectivity index (χ4v) is 3.41. The van der Waals surface area contributed by atoms with Crippen LogP contribution in [0, 0.1) is 0 Å². The van der Waals surface area contributed by atoms with E-state index in [2.05, 4.69) is 10.6 Å². The monoisotopic (exact) mass is 308 g/mol. The van der Waals surface area contributed by atoms with Crippen molar-refractivity contribution in [3.05, 3.63) is 29.8 Å². The van der Waals surface area contributed by atoms with Gasteiger partial charge in [0.2, 0.25) is 0 Å². The number of hydrogen-bond donors (Lipinski definition) is 3. The van der Waals surface area contributed by atoms with Crippen LogP contribution in [-0.2, 0) is 4.79 Å². The summed E-state index contributed by atoms with van der Waals surface area (Å²) in [5.41, 5.74) is -0.281. The highest BCUT2D eigenvalue weighted by molar-refractivity contribution is 7.99. The molecule has 0 radical (unpaired) electrons. The Balaban J connectivity index is 2.06. The number of amides is 2. The van der Waals surface area contributed by atoms with Crippen LogP contribution in [0.15, 0.2) is 24.3 Å². The average Bonchev–Trinajstić information content (AvgIpc) is 2.88. The zero-order chi connectivity index (χ0) is 15.5. The van der Waals surface area contributed by atoms with Gasteiger partial charge in [-0.2, -0.15) is 11.8 Å². The average molecular weight is 308 g/mol. The number of urea groups is 1. The highest BCUT2D eigenvalue weighted by Crippen LogP contribution is 2.28. The quantitative estimate of drug-likeness (QED) is 0.739. The molecule has 1 atom stereocenters. The van der Waals surface area contributed by atoms with Crippen LogP contribution in [0.5, 0.6) is 0 Å². The van der Waals surface area contributed by atoms with E-state index in [1.165, 1.54) is 18.7 Å². The van der Waals surface area contributed by atoms with Gasteiger partial charge in [0.15, 0.2) is 5.78 Å². The van der Waals surface area contributed by atoms with Gasteiger partial charge in [0.1, 0.15) is 5.54 Å². The third kappa shape index (κ3) is 3.55. The molecule has 0 aromatic heterocycles. The first-order valence-corrected chi connectivity index (χ1v) is 7.60. The van der Waals surface area contributed by atoms with Gasteiger partial charge in [-0.1, -0.05) is 12.1 Å². The Bertz CT molecular complexity index is 582. The predicted molar refractivity (Wildman–Crippen MR) is 80.9 cm³/mol. The second-order valence-electron chi connectivity index (χ2n) is 4.91. The highest BCUT2D eigenvalue weighted by atomic mass is 32.2. The van der Waals surface area contributed by atoms with Gasteiger partial charge in [-0.25, -0.2) is 9.59 Å². The maximum Gasteiger partial charge on any atom is 0.330 e.